The molecule has 1 fully saturated rings. The number of nitrogens with zero attached hydrogens (tertiary/aromatic N) is 2. The number of likely N-dealkylation sites (N-methyl/N-ethyl adjacent to an activating group) is 1. The van der Waals surface area contributed by atoms with E-state index in [1.54, 1.807) is 0 Å². The van der Waals surface area contributed by atoms with Crippen LogP contribution >= 0.6 is 24.0 Å². The summed E-state index contributed by atoms with van der Waals surface area (Å²) in [6.45, 7) is 3.05. The number of nitrogens with one attached hydrogen (secondary N) is 1. The first kappa shape index (κ1) is 23.5. The summed E-state index contributed by atoms with van der Waals surface area (Å²) in [6, 6.07) is 20.4. The molecule has 2 unspecified atom stereocenters. The molecule has 1 saturated heterocycles. The Balaban J connectivity index is 0.00000300. The lowest BCUT2D eigenvalue weighted by Gasteiger charge is -2.33. The van der Waals surface area contributed by atoms with Gasteiger partial charge in [0.05, 0.1) is 12.6 Å². The predicted octanol–water partition coefficient (Wildman–Crippen LogP) is 4.36. The maximum atomic E-state index is 6.10. The number of benzene rings is 2. The molecule has 1 heterocycles. The number of ether oxygens (including phenoxy) is 2. The standard InChI is InChI=1S/C23H31N3O2.HI/c1-24-23(26(2)15-17-27-21-13-7-4-8-14-21)25-18-20-12-9-16-28-22(20)19-10-5-3-6-11-19;/h3-8,10-11,13-14,20,22H,9,12,15-18H2,1-2H3,(H,24,25);1H. The average Bonchev–Trinajstić information content (AvgIpc) is 2.76. The first-order valence-electron chi connectivity index (χ1n) is 10.0. The smallest absolute Gasteiger partial charge is 0.193 e. The molecule has 3 rings (SSSR count). The first-order chi connectivity index (χ1) is 13.8. The lowest BCUT2D eigenvalue weighted by atomic mass is 9.89. The number of hydrogen-bond acceptors (Lipinski definition) is 3. The summed E-state index contributed by atoms with van der Waals surface area (Å²) < 4.78 is 11.9. The number of para-hydroxylation sites is 1. The maximum absolute atomic E-state index is 6.10. The van der Waals surface area contributed by atoms with Crippen LogP contribution in [0.2, 0.25) is 0 Å². The van der Waals surface area contributed by atoms with Crippen LogP contribution in [0.5, 0.6) is 5.75 Å². The van der Waals surface area contributed by atoms with Gasteiger partial charge in [0.25, 0.3) is 0 Å². The van der Waals surface area contributed by atoms with Crippen molar-refractivity contribution in [3.8, 4) is 5.75 Å². The summed E-state index contributed by atoms with van der Waals surface area (Å²) in [5.74, 6) is 2.21. The van der Waals surface area contributed by atoms with Gasteiger partial charge in [0, 0.05) is 33.2 Å². The molecule has 6 heteroatoms. The van der Waals surface area contributed by atoms with Crippen molar-refractivity contribution in [2.45, 2.75) is 18.9 Å². The molecule has 5 nitrogen and oxygen atoms in total. The second kappa shape index (κ2) is 12.7. The molecule has 0 spiro atoms. The second-order valence-electron chi connectivity index (χ2n) is 7.12. The summed E-state index contributed by atoms with van der Waals surface area (Å²) in [5.41, 5.74) is 1.26. The van der Waals surface area contributed by atoms with E-state index in [9.17, 15) is 0 Å². The zero-order chi connectivity index (χ0) is 19.6. The Bertz CT molecular complexity index is 727. The van der Waals surface area contributed by atoms with E-state index in [1.807, 2.05) is 50.5 Å². The summed E-state index contributed by atoms with van der Waals surface area (Å²) in [5, 5.41) is 3.53. The highest BCUT2D eigenvalue weighted by Gasteiger charge is 2.27. The van der Waals surface area contributed by atoms with Crippen LogP contribution in [0.3, 0.4) is 0 Å². The third kappa shape index (κ3) is 7.19. The molecule has 2 atom stereocenters. The first-order valence-corrected chi connectivity index (χ1v) is 10.0. The summed E-state index contributed by atoms with van der Waals surface area (Å²) in [4.78, 5) is 6.53. The molecule has 158 valence electrons. The monoisotopic (exact) mass is 509 g/mol. The number of rotatable bonds is 7. The topological polar surface area (TPSA) is 46.1 Å². The molecular formula is C23H32IN3O2. The van der Waals surface area contributed by atoms with E-state index in [1.165, 1.54) is 5.56 Å². The Morgan fingerprint density at radius 2 is 1.83 bits per heavy atom. The van der Waals surface area contributed by atoms with E-state index < -0.39 is 0 Å². The van der Waals surface area contributed by atoms with Crippen LogP contribution in [0.15, 0.2) is 65.7 Å². The number of hydrogen-bond donors (Lipinski definition) is 1. The largest absolute Gasteiger partial charge is 0.492 e. The SMILES string of the molecule is CN=C(NCC1CCCOC1c1ccccc1)N(C)CCOc1ccccc1.I. The number of aliphatic imine (C=N–C) groups is 1. The molecule has 1 N–H and O–H groups in total. The highest BCUT2D eigenvalue weighted by molar-refractivity contribution is 14.0. The van der Waals surface area contributed by atoms with Crippen LogP contribution in [0.25, 0.3) is 0 Å². The average molecular weight is 509 g/mol. The van der Waals surface area contributed by atoms with Gasteiger partial charge in [-0.05, 0) is 30.5 Å². The van der Waals surface area contributed by atoms with Crippen LogP contribution in [-0.2, 0) is 4.74 Å². The van der Waals surface area contributed by atoms with Crippen LogP contribution < -0.4 is 10.1 Å². The zero-order valence-corrected chi connectivity index (χ0v) is 19.6. The summed E-state index contributed by atoms with van der Waals surface area (Å²) >= 11 is 0. The minimum Gasteiger partial charge on any atom is -0.492 e. The third-order valence-corrected chi connectivity index (χ3v) is 5.11. The second-order valence-corrected chi connectivity index (χ2v) is 7.12. The van der Waals surface area contributed by atoms with E-state index in [0.717, 1.165) is 44.2 Å². The Hall–Kier alpha value is -1.80. The number of guanidine groups is 1. The van der Waals surface area contributed by atoms with Crippen LogP contribution in [0.4, 0.5) is 0 Å². The molecule has 1 aliphatic heterocycles. The van der Waals surface area contributed by atoms with Crippen molar-refractivity contribution in [1.29, 1.82) is 0 Å². The third-order valence-electron chi connectivity index (χ3n) is 5.11. The maximum Gasteiger partial charge on any atom is 0.193 e. The number of halogens is 1. The van der Waals surface area contributed by atoms with E-state index in [-0.39, 0.29) is 30.1 Å². The lowest BCUT2D eigenvalue weighted by Crippen LogP contribution is -2.44. The van der Waals surface area contributed by atoms with Gasteiger partial charge in [-0.15, -0.1) is 24.0 Å². The summed E-state index contributed by atoms with van der Waals surface area (Å²) in [7, 11) is 3.86. The van der Waals surface area contributed by atoms with E-state index in [4.69, 9.17) is 9.47 Å². The zero-order valence-electron chi connectivity index (χ0n) is 17.3. The van der Waals surface area contributed by atoms with Crippen molar-refractivity contribution in [2.24, 2.45) is 10.9 Å². The molecule has 1 aliphatic rings. The molecule has 29 heavy (non-hydrogen) atoms. The van der Waals surface area contributed by atoms with Gasteiger partial charge in [0.1, 0.15) is 12.4 Å². The molecule has 0 saturated carbocycles. The minimum atomic E-state index is 0. The van der Waals surface area contributed by atoms with E-state index in [0.29, 0.717) is 12.5 Å². The molecule has 0 radical (unpaired) electrons. The fraction of sp³-hybridized carbons (Fsp3) is 0.435. The van der Waals surface area contributed by atoms with Gasteiger partial charge in [0.15, 0.2) is 5.96 Å². The van der Waals surface area contributed by atoms with E-state index >= 15 is 0 Å². The van der Waals surface area contributed by atoms with Crippen molar-refractivity contribution < 1.29 is 9.47 Å². The highest BCUT2D eigenvalue weighted by Crippen LogP contribution is 2.33. The van der Waals surface area contributed by atoms with Crippen LogP contribution in [0, 0.1) is 5.92 Å². The Morgan fingerprint density at radius 1 is 1.14 bits per heavy atom. The molecule has 0 bridgehead atoms. The van der Waals surface area contributed by atoms with Crippen molar-refractivity contribution in [2.75, 3.05) is 40.4 Å². The van der Waals surface area contributed by atoms with Crippen LogP contribution in [-0.4, -0.2) is 51.3 Å². The Labute approximate surface area is 191 Å². The van der Waals surface area contributed by atoms with Crippen molar-refractivity contribution >= 4 is 29.9 Å². The molecule has 0 amide bonds. The Morgan fingerprint density at radius 3 is 2.52 bits per heavy atom. The molecule has 0 aliphatic carbocycles. The van der Waals surface area contributed by atoms with Crippen molar-refractivity contribution in [3.05, 3.63) is 66.2 Å². The van der Waals surface area contributed by atoms with Gasteiger partial charge in [-0.1, -0.05) is 48.5 Å². The summed E-state index contributed by atoms with van der Waals surface area (Å²) in [6.07, 6.45) is 2.41. The van der Waals surface area contributed by atoms with Gasteiger partial charge in [-0.3, -0.25) is 4.99 Å². The van der Waals surface area contributed by atoms with Gasteiger partial charge >= 0.3 is 0 Å². The van der Waals surface area contributed by atoms with Gasteiger partial charge in [-0.25, -0.2) is 0 Å². The fourth-order valence-electron chi connectivity index (χ4n) is 3.59. The molecule has 0 aromatic heterocycles. The molecule has 2 aromatic carbocycles. The minimum absolute atomic E-state index is 0. The van der Waals surface area contributed by atoms with Crippen molar-refractivity contribution in [1.82, 2.24) is 10.2 Å². The predicted molar refractivity (Wildman–Crippen MR) is 129 cm³/mol. The van der Waals surface area contributed by atoms with Gasteiger partial charge in [0.2, 0.25) is 0 Å². The van der Waals surface area contributed by atoms with E-state index in [2.05, 4.69) is 39.5 Å². The van der Waals surface area contributed by atoms with Crippen LogP contribution in [0.1, 0.15) is 24.5 Å². The quantitative estimate of drug-likeness (QED) is 0.343. The molecular weight excluding hydrogens is 477 g/mol. The van der Waals surface area contributed by atoms with Gasteiger partial charge < -0.3 is 19.7 Å². The molecule has 2 aromatic rings. The van der Waals surface area contributed by atoms with Gasteiger partial charge in [-0.2, -0.15) is 0 Å². The fourth-order valence-corrected chi connectivity index (χ4v) is 3.59. The lowest BCUT2D eigenvalue weighted by molar-refractivity contribution is -0.0266. The normalized spacial score (nSPS) is 19.2. The highest BCUT2D eigenvalue weighted by atomic mass is 127. The van der Waals surface area contributed by atoms with Crippen molar-refractivity contribution in [3.63, 3.8) is 0 Å². The Kier molecular flexibility index (Phi) is 10.3.